The summed E-state index contributed by atoms with van der Waals surface area (Å²) in [6.07, 6.45) is -14.1. The summed E-state index contributed by atoms with van der Waals surface area (Å²) >= 11 is 3.79. The van der Waals surface area contributed by atoms with Crippen LogP contribution in [-0.2, 0) is 0 Å². The number of hydrogen-bond donors (Lipinski definition) is 3. The molecule has 3 N–H and O–H groups in total. The highest BCUT2D eigenvalue weighted by Crippen LogP contribution is 2.56. The van der Waals surface area contributed by atoms with E-state index < -0.39 is 103 Å². The molecule has 0 aliphatic carbocycles. The summed E-state index contributed by atoms with van der Waals surface area (Å²) in [5, 5.41) is 16.2. The number of hydrogen-bond acceptors (Lipinski definition) is 9. The molecule has 0 saturated carbocycles. The van der Waals surface area contributed by atoms with Gasteiger partial charge in [-0.3, -0.25) is 0 Å². The lowest BCUT2D eigenvalue weighted by Crippen LogP contribution is -2.30. The Labute approximate surface area is 303 Å². The maximum absolute atomic E-state index is 14.6. The molecule has 0 saturated heterocycles. The van der Waals surface area contributed by atoms with Gasteiger partial charge in [-0.2, -0.15) is 44.5 Å². The Morgan fingerprint density at radius 3 is 1.51 bits per heavy atom. The fourth-order valence-electron chi connectivity index (χ4n) is 5.51. The number of halogens is 14. The molecule has 1 unspecified atom stereocenters. The van der Waals surface area contributed by atoms with Crippen molar-refractivity contribution in [1.29, 1.82) is 10.8 Å². The van der Waals surface area contributed by atoms with E-state index in [0.717, 1.165) is 51.5 Å². The van der Waals surface area contributed by atoms with Crippen molar-refractivity contribution in [3.8, 4) is 0 Å². The minimum atomic E-state index is -5.43. The highest BCUT2D eigenvalue weighted by molar-refractivity contribution is 7.48. The van der Waals surface area contributed by atoms with Crippen LogP contribution in [-0.4, -0.2) is 36.1 Å². The second kappa shape index (κ2) is 12.7. The van der Waals surface area contributed by atoms with Gasteiger partial charge >= 0.3 is 12.4 Å². The first-order valence-electron chi connectivity index (χ1n) is 13.8. The monoisotopic (exact) mass is 850 g/mol. The maximum atomic E-state index is 14.6. The van der Waals surface area contributed by atoms with Crippen molar-refractivity contribution >= 4 is 123 Å². The summed E-state index contributed by atoms with van der Waals surface area (Å²) in [6.45, 7) is 0. The van der Waals surface area contributed by atoms with Crippen LogP contribution in [0.4, 0.5) is 61.5 Å². The second-order valence-corrected chi connectivity index (χ2v) is 15.9. The second-order valence-electron chi connectivity index (χ2n) is 10.6. The zero-order valence-electron chi connectivity index (χ0n) is 24.7. The third kappa shape index (κ3) is 5.77. The first-order chi connectivity index (χ1) is 24.8. The summed E-state index contributed by atoms with van der Waals surface area (Å²) in [4.78, 5) is 0.956. The van der Waals surface area contributed by atoms with Gasteiger partial charge in [0.15, 0.2) is 23.3 Å². The minimum Gasteiger partial charge on any atom is -0.324 e. The number of allylic oxidation sites excluding steroid dienone is 6. The zero-order chi connectivity index (χ0) is 38.6. The number of rotatable bonds is 6. The third-order valence-corrected chi connectivity index (χ3v) is 14.4. The highest BCUT2D eigenvalue weighted by atomic mass is 32.1. The molecule has 0 bridgehead atoms. The van der Waals surface area contributed by atoms with Crippen molar-refractivity contribution in [3.05, 3.63) is 79.7 Å². The van der Waals surface area contributed by atoms with Gasteiger partial charge in [0.05, 0.1) is 50.5 Å². The fourth-order valence-corrected chi connectivity index (χ4v) is 12.9. The van der Waals surface area contributed by atoms with Crippen molar-refractivity contribution < 1.29 is 61.5 Å². The van der Waals surface area contributed by atoms with Crippen molar-refractivity contribution in [2.75, 3.05) is 0 Å². The number of dihydropyridines is 1. The molecule has 4 nitrogen and oxygen atoms in total. The summed E-state index contributed by atoms with van der Waals surface area (Å²) in [6, 6.07) is 2.01. The average molecular weight is 851 g/mol. The maximum Gasteiger partial charge on any atom is 0.418 e. The van der Waals surface area contributed by atoms with E-state index in [2.05, 4.69) is 4.98 Å². The van der Waals surface area contributed by atoms with Crippen molar-refractivity contribution in [1.82, 2.24) is 10.3 Å². The van der Waals surface area contributed by atoms with E-state index in [-0.39, 0.29) is 31.2 Å². The van der Waals surface area contributed by atoms with Gasteiger partial charge in [0, 0.05) is 42.7 Å². The molecule has 276 valence electrons. The van der Waals surface area contributed by atoms with E-state index in [1.165, 1.54) is 0 Å². The Balaban J connectivity index is 1.42. The number of thiophene rings is 5. The average Bonchev–Trinajstić information content (AvgIpc) is 3.85. The number of alkyl halides is 7. The molecule has 1 aliphatic heterocycles. The third-order valence-electron chi connectivity index (χ3n) is 7.61. The lowest BCUT2D eigenvalue weighted by molar-refractivity contribution is -0.0695. The van der Waals surface area contributed by atoms with Crippen LogP contribution < -0.4 is 5.32 Å². The Morgan fingerprint density at radius 1 is 0.642 bits per heavy atom. The van der Waals surface area contributed by atoms with Crippen LogP contribution >= 0.6 is 56.7 Å². The predicted octanol–water partition coefficient (Wildman–Crippen LogP) is 12.9. The lowest BCUT2D eigenvalue weighted by atomic mass is 9.95. The van der Waals surface area contributed by atoms with E-state index in [4.69, 9.17) is 10.8 Å². The van der Waals surface area contributed by atoms with E-state index in [1.807, 2.05) is 0 Å². The van der Waals surface area contributed by atoms with Gasteiger partial charge in [0.1, 0.15) is 0 Å². The zero-order valence-corrected chi connectivity index (χ0v) is 28.7. The molecule has 0 aromatic carbocycles. The van der Waals surface area contributed by atoms with E-state index >= 15 is 0 Å². The Bertz CT molecular complexity index is 2690. The molecule has 0 spiro atoms. The summed E-state index contributed by atoms with van der Waals surface area (Å²) in [7, 11) is 0. The van der Waals surface area contributed by atoms with E-state index in [1.54, 1.807) is 0 Å². The van der Waals surface area contributed by atoms with Crippen LogP contribution in [0.2, 0.25) is 0 Å². The largest absolute Gasteiger partial charge is 0.418 e. The van der Waals surface area contributed by atoms with Gasteiger partial charge in [0.2, 0.25) is 12.2 Å². The van der Waals surface area contributed by atoms with Crippen LogP contribution in [0, 0.1) is 34.3 Å². The summed E-state index contributed by atoms with van der Waals surface area (Å²) in [5.41, 5.74) is -10.1. The number of nitrogens with zero attached hydrogens (tertiary/aromatic N) is 1. The lowest BCUT2D eigenvalue weighted by Gasteiger charge is -2.21. The molecule has 0 fully saturated rings. The minimum absolute atomic E-state index is 0.0870. The Morgan fingerprint density at radius 2 is 1.08 bits per heavy atom. The predicted molar refractivity (Wildman–Crippen MR) is 179 cm³/mol. The van der Waals surface area contributed by atoms with Crippen molar-refractivity contribution in [2.45, 2.75) is 18.6 Å². The van der Waals surface area contributed by atoms with Crippen molar-refractivity contribution in [3.63, 3.8) is 0 Å². The molecule has 23 heteroatoms. The molecular weight excluding hydrogens is 843 g/mol. The van der Waals surface area contributed by atoms with Gasteiger partial charge in [0.25, 0.3) is 11.9 Å². The molecule has 7 heterocycles. The number of pyridine rings is 1. The summed E-state index contributed by atoms with van der Waals surface area (Å²) in [5.74, 6) is -15.4. The van der Waals surface area contributed by atoms with E-state index in [9.17, 15) is 61.5 Å². The van der Waals surface area contributed by atoms with Crippen LogP contribution in [0.3, 0.4) is 0 Å². The molecule has 1 aliphatic rings. The summed E-state index contributed by atoms with van der Waals surface area (Å²) < 4.78 is 204. The Hall–Kier alpha value is -4.19. The molecule has 7 rings (SSSR count). The van der Waals surface area contributed by atoms with Gasteiger partial charge in [-0.25, -0.2) is 22.0 Å². The van der Waals surface area contributed by atoms with Gasteiger partial charge < -0.3 is 16.1 Å². The first kappa shape index (κ1) is 37.1. The SMILES string of the molecule is N=C/C(C1=C(F)C(F)NC(F)=C1F)=C(\c1cc2sc3c(sc4c5sc(/C(=C(\C=N)c6c(F)c(F)nc(F)c6F)C(F)(F)F)cc5sc43)c2s1)C(F)(F)F. The van der Waals surface area contributed by atoms with Crippen molar-refractivity contribution in [2.24, 2.45) is 0 Å². The number of nitrogens with one attached hydrogen (secondary N) is 3. The van der Waals surface area contributed by atoms with Crippen LogP contribution in [0.25, 0.3) is 54.3 Å². The molecule has 6 aromatic heterocycles. The van der Waals surface area contributed by atoms with Gasteiger partial charge in [-0.15, -0.1) is 56.7 Å². The first-order valence-corrected chi connectivity index (χ1v) is 17.9. The van der Waals surface area contributed by atoms with Crippen LogP contribution in [0.1, 0.15) is 15.3 Å². The normalized spacial score (nSPS) is 17.1. The van der Waals surface area contributed by atoms with Gasteiger partial charge in [-0.1, -0.05) is 0 Å². The molecule has 0 radical (unpaired) electrons. The molecule has 1 atom stereocenters. The fraction of sp³-hybridized carbons (Fsp3) is 0.100. The van der Waals surface area contributed by atoms with Crippen LogP contribution in [0.5, 0.6) is 0 Å². The molecular formula is C30H8F14N4S5. The molecule has 0 amide bonds. The molecule has 6 aromatic rings. The van der Waals surface area contributed by atoms with Gasteiger partial charge in [-0.05, 0) is 12.1 Å². The Kier molecular flexibility index (Phi) is 8.90. The number of aromatic nitrogens is 1. The topological polar surface area (TPSA) is 72.6 Å². The highest BCUT2D eigenvalue weighted by Gasteiger charge is 2.43. The smallest absolute Gasteiger partial charge is 0.324 e. The molecule has 53 heavy (non-hydrogen) atoms. The quantitative estimate of drug-likeness (QED) is 0.0676. The van der Waals surface area contributed by atoms with Crippen LogP contribution in [0.15, 0.2) is 40.9 Å². The van der Waals surface area contributed by atoms with E-state index in [0.29, 0.717) is 41.5 Å². The number of fused-ring (bicyclic) bond motifs is 7. The standard InChI is InChI=1S/C30H8F14N4S5/c31-15-11(16(32)26(36)47-25(15)35)5(3-45)13(29(39,40)41)7-1-9-19(49-7)21-23(51-9)24-22(53-21)20-10(52-24)2-8(50-20)14(30(42,43)44)6(4-46)12-17(33)27(37)48-28(38)18(12)34/h1-4,25,45-47H/b13-5-,14-6-,45-3?,46-4?.